The van der Waals surface area contributed by atoms with Crippen LogP contribution in [-0.2, 0) is 16.1 Å². The number of hydrogen-bond donors (Lipinski definition) is 2. The third kappa shape index (κ3) is 4.32. The topological polar surface area (TPSA) is 100 Å². The number of amides is 1. The van der Waals surface area contributed by atoms with Crippen LogP contribution in [0.25, 0.3) is 0 Å². The molecule has 0 bridgehead atoms. The van der Waals surface area contributed by atoms with Gasteiger partial charge in [-0.05, 0) is 43.5 Å². The fourth-order valence-electron chi connectivity index (χ4n) is 4.48. The van der Waals surface area contributed by atoms with E-state index in [1.807, 2.05) is 50.2 Å². The second-order valence-electron chi connectivity index (χ2n) is 8.15. The fraction of sp³-hybridized carbons (Fsp3) is 0.524. The summed E-state index contributed by atoms with van der Waals surface area (Å²) in [6.45, 7) is 5.02. The largest absolute Gasteiger partial charge is 0.480 e. The molecular formula is C21H29N5O3. The standard InChI is InChI=1S/C21H29N5O3/c1-15(2)12-21(20(28)29)13-17(18(25(21)3)16-6-4-7-22-14-16)19(27)23-9-11-26-10-5-8-24-26/h4-8,10,14-15,17-18H,9,11-13H2,1-3H3,(H,23,27)(H,28,29)/t17-,18-,21-/m0/s1. The highest BCUT2D eigenvalue weighted by molar-refractivity contribution is 5.85. The molecule has 8 nitrogen and oxygen atoms in total. The Bertz CT molecular complexity index is 824. The Kier molecular flexibility index (Phi) is 6.32. The predicted octanol–water partition coefficient (Wildman–Crippen LogP) is 1.96. The lowest BCUT2D eigenvalue weighted by molar-refractivity contribution is -0.151. The van der Waals surface area contributed by atoms with Crippen LogP contribution in [0, 0.1) is 11.8 Å². The smallest absolute Gasteiger partial charge is 0.324 e. The monoisotopic (exact) mass is 399 g/mol. The molecule has 29 heavy (non-hydrogen) atoms. The van der Waals surface area contributed by atoms with Gasteiger partial charge in [-0.1, -0.05) is 19.9 Å². The van der Waals surface area contributed by atoms with Crippen molar-refractivity contribution in [3.05, 3.63) is 48.5 Å². The van der Waals surface area contributed by atoms with Gasteiger partial charge in [-0.15, -0.1) is 0 Å². The first-order valence-corrected chi connectivity index (χ1v) is 9.96. The lowest BCUT2D eigenvalue weighted by Crippen LogP contribution is -2.50. The summed E-state index contributed by atoms with van der Waals surface area (Å²) in [6, 6.07) is 5.22. The van der Waals surface area contributed by atoms with Crippen LogP contribution in [0.15, 0.2) is 43.0 Å². The van der Waals surface area contributed by atoms with Gasteiger partial charge >= 0.3 is 5.97 Å². The van der Waals surface area contributed by atoms with E-state index in [4.69, 9.17) is 0 Å². The molecule has 0 unspecified atom stereocenters. The lowest BCUT2D eigenvalue weighted by atomic mass is 9.83. The normalized spacial score (nSPS) is 24.7. The molecular weight excluding hydrogens is 370 g/mol. The van der Waals surface area contributed by atoms with E-state index >= 15 is 0 Å². The molecule has 1 saturated heterocycles. The van der Waals surface area contributed by atoms with Gasteiger partial charge in [0.05, 0.1) is 12.5 Å². The number of aromatic nitrogens is 3. The second kappa shape index (κ2) is 8.73. The average molecular weight is 399 g/mol. The Morgan fingerprint density at radius 3 is 2.72 bits per heavy atom. The van der Waals surface area contributed by atoms with E-state index in [1.54, 1.807) is 23.3 Å². The van der Waals surface area contributed by atoms with Crippen molar-refractivity contribution in [3.8, 4) is 0 Å². The second-order valence-corrected chi connectivity index (χ2v) is 8.15. The zero-order valence-corrected chi connectivity index (χ0v) is 17.2. The van der Waals surface area contributed by atoms with Crippen molar-refractivity contribution < 1.29 is 14.7 Å². The van der Waals surface area contributed by atoms with Crippen molar-refractivity contribution in [2.45, 2.75) is 44.8 Å². The molecule has 3 atom stereocenters. The molecule has 8 heteroatoms. The van der Waals surface area contributed by atoms with E-state index in [0.29, 0.717) is 19.5 Å². The summed E-state index contributed by atoms with van der Waals surface area (Å²) < 4.78 is 1.75. The Hall–Kier alpha value is -2.74. The maximum Gasteiger partial charge on any atom is 0.324 e. The molecule has 0 saturated carbocycles. The third-order valence-corrected chi connectivity index (χ3v) is 5.74. The number of likely N-dealkylation sites (N-methyl/N-ethyl adjacent to an activating group) is 1. The van der Waals surface area contributed by atoms with Crippen LogP contribution in [-0.4, -0.2) is 55.8 Å². The predicted molar refractivity (Wildman–Crippen MR) is 108 cm³/mol. The van der Waals surface area contributed by atoms with Gasteiger partial charge in [0.2, 0.25) is 5.91 Å². The van der Waals surface area contributed by atoms with Gasteiger partial charge in [0.25, 0.3) is 0 Å². The average Bonchev–Trinajstić information content (AvgIpc) is 3.29. The third-order valence-electron chi connectivity index (χ3n) is 5.74. The van der Waals surface area contributed by atoms with Gasteiger partial charge in [0.1, 0.15) is 5.54 Å². The summed E-state index contributed by atoms with van der Waals surface area (Å²) in [7, 11) is 1.81. The van der Waals surface area contributed by atoms with Crippen molar-refractivity contribution in [2.24, 2.45) is 11.8 Å². The number of hydrogen-bond acceptors (Lipinski definition) is 5. The molecule has 2 N–H and O–H groups in total. The first-order chi connectivity index (χ1) is 13.8. The molecule has 0 radical (unpaired) electrons. The van der Waals surface area contributed by atoms with Crippen LogP contribution in [0.1, 0.15) is 38.3 Å². The SMILES string of the molecule is CC(C)C[C@@]1(C(=O)O)C[C@H](C(=O)NCCn2cccn2)[C@H](c2cccnc2)N1C. The summed E-state index contributed by atoms with van der Waals surface area (Å²) in [6.07, 6.45) is 7.68. The van der Waals surface area contributed by atoms with Gasteiger partial charge in [0, 0.05) is 37.4 Å². The molecule has 1 aliphatic heterocycles. The molecule has 2 aromatic rings. The zero-order valence-electron chi connectivity index (χ0n) is 17.2. The van der Waals surface area contributed by atoms with Crippen molar-refractivity contribution in [1.29, 1.82) is 0 Å². The number of nitrogens with zero attached hydrogens (tertiary/aromatic N) is 4. The number of pyridine rings is 1. The molecule has 3 heterocycles. The van der Waals surface area contributed by atoms with Crippen LogP contribution >= 0.6 is 0 Å². The first-order valence-electron chi connectivity index (χ1n) is 9.96. The van der Waals surface area contributed by atoms with Crippen LogP contribution in [0.2, 0.25) is 0 Å². The minimum absolute atomic E-state index is 0.134. The maximum atomic E-state index is 13.1. The highest BCUT2D eigenvalue weighted by Gasteiger charge is 2.57. The lowest BCUT2D eigenvalue weighted by Gasteiger charge is -2.36. The molecule has 0 spiro atoms. The van der Waals surface area contributed by atoms with Gasteiger partial charge in [0.15, 0.2) is 0 Å². The van der Waals surface area contributed by atoms with E-state index < -0.39 is 17.4 Å². The highest BCUT2D eigenvalue weighted by Crippen LogP contribution is 2.48. The molecule has 3 rings (SSSR count). The van der Waals surface area contributed by atoms with Crippen LogP contribution in [0.3, 0.4) is 0 Å². The molecule has 1 aliphatic rings. The fourth-order valence-corrected chi connectivity index (χ4v) is 4.48. The van der Waals surface area contributed by atoms with E-state index in [1.165, 1.54) is 0 Å². The zero-order chi connectivity index (χ0) is 21.0. The Balaban J connectivity index is 1.85. The Morgan fingerprint density at radius 1 is 1.34 bits per heavy atom. The van der Waals surface area contributed by atoms with Gasteiger partial charge in [-0.2, -0.15) is 5.10 Å². The minimum Gasteiger partial charge on any atom is -0.480 e. The number of aliphatic carboxylic acids is 1. The summed E-state index contributed by atoms with van der Waals surface area (Å²) in [4.78, 5) is 31.6. The molecule has 1 amide bonds. The van der Waals surface area contributed by atoms with E-state index in [0.717, 1.165) is 5.56 Å². The van der Waals surface area contributed by atoms with Crippen LogP contribution in [0.4, 0.5) is 0 Å². The number of rotatable bonds is 8. The quantitative estimate of drug-likeness (QED) is 0.704. The molecule has 0 aromatic carbocycles. The van der Waals surface area contributed by atoms with Gasteiger partial charge in [-0.25, -0.2) is 0 Å². The first kappa shape index (κ1) is 21.0. The Morgan fingerprint density at radius 2 is 2.14 bits per heavy atom. The molecule has 0 aliphatic carbocycles. The summed E-state index contributed by atoms with van der Waals surface area (Å²) in [5, 5.41) is 17.3. The molecule has 156 valence electrons. The summed E-state index contributed by atoms with van der Waals surface area (Å²) in [5.74, 6) is -1.31. The molecule has 2 aromatic heterocycles. The minimum atomic E-state index is -1.08. The van der Waals surface area contributed by atoms with Gasteiger partial charge < -0.3 is 10.4 Å². The number of carbonyl (C=O) groups excluding carboxylic acids is 1. The van der Waals surface area contributed by atoms with Crippen molar-refractivity contribution >= 4 is 11.9 Å². The number of likely N-dealkylation sites (tertiary alicyclic amines) is 1. The van der Waals surface area contributed by atoms with E-state index in [-0.39, 0.29) is 24.3 Å². The van der Waals surface area contributed by atoms with Gasteiger partial charge in [-0.3, -0.25) is 24.2 Å². The highest BCUT2D eigenvalue weighted by atomic mass is 16.4. The van der Waals surface area contributed by atoms with Crippen molar-refractivity contribution in [3.63, 3.8) is 0 Å². The number of carboxylic acids is 1. The Labute approximate surface area is 170 Å². The van der Waals surface area contributed by atoms with E-state index in [9.17, 15) is 14.7 Å². The number of carboxylic acid groups (broad SMARTS) is 1. The van der Waals surface area contributed by atoms with Crippen LogP contribution in [0.5, 0.6) is 0 Å². The number of nitrogens with one attached hydrogen (secondary N) is 1. The number of carbonyl (C=O) groups is 2. The van der Waals surface area contributed by atoms with Crippen LogP contribution < -0.4 is 5.32 Å². The summed E-state index contributed by atoms with van der Waals surface area (Å²) >= 11 is 0. The van der Waals surface area contributed by atoms with Crippen molar-refractivity contribution in [1.82, 2.24) is 25.0 Å². The molecule has 1 fully saturated rings. The maximum absolute atomic E-state index is 13.1. The van der Waals surface area contributed by atoms with E-state index in [2.05, 4.69) is 15.4 Å². The summed E-state index contributed by atoms with van der Waals surface area (Å²) in [5.41, 5.74) is -0.229. The van der Waals surface area contributed by atoms with Crippen molar-refractivity contribution in [2.75, 3.05) is 13.6 Å².